The number of H-pyrrole nitrogens is 1. The predicted octanol–water partition coefficient (Wildman–Crippen LogP) is 5.48. The Morgan fingerprint density at radius 3 is 2.06 bits per heavy atom. The van der Waals surface area contributed by atoms with Gasteiger partial charge >= 0.3 is 7.82 Å². The molecule has 6 rings (SSSR count). The van der Waals surface area contributed by atoms with E-state index in [0.717, 1.165) is 16.7 Å². The molecular weight excluding hydrogens is 705 g/mol. The molecule has 0 bridgehead atoms. The molecule has 3 heterocycles. The highest BCUT2D eigenvalue weighted by molar-refractivity contribution is 7.46. The van der Waals surface area contributed by atoms with Crippen molar-refractivity contribution in [3.05, 3.63) is 118 Å². The molecule has 14 nitrogen and oxygen atoms in total. The summed E-state index contributed by atoms with van der Waals surface area (Å²) in [5, 5.41) is -0.286. The molecule has 2 unspecified atom stereocenters. The number of phosphoric acid groups is 1. The third kappa shape index (κ3) is 7.36. The van der Waals surface area contributed by atoms with Crippen LogP contribution in [0.2, 0.25) is 18.1 Å². The zero-order valence-corrected chi connectivity index (χ0v) is 31.7. The van der Waals surface area contributed by atoms with E-state index in [1.807, 2.05) is 84.9 Å². The molecule has 5 aromatic rings. The van der Waals surface area contributed by atoms with Crippen molar-refractivity contribution in [2.24, 2.45) is 0 Å². The second-order valence-corrected chi connectivity index (χ2v) is 20.2. The second kappa shape index (κ2) is 14.3. The minimum atomic E-state index is -4.97. The number of hydrogen-bond acceptors (Lipinski definition) is 10. The topological polar surface area (TPSA) is 193 Å². The van der Waals surface area contributed by atoms with Crippen molar-refractivity contribution in [3.63, 3.8) is 0 Å². The van der Waals surface area contributed by atoms with Crippen LogP contribution in [-0.2, 0) is 28.6 Å². The number of aromatic nitrogens is 4. The zero-order valence-electron chi connectivity index (χ0n) is 29.8. The zero-order chi connectivity index (χ0) is 37.5. The van der Waals surface area contributed by atoms with E-state index in [-0.39, 0.29) is 22.2 Å². The van der Waals surface area contributed by atoms with Gasteiger partial charge in [0.15, 0.2) is 25.7 Å². The standard InChI is InChI=1S/C36H44N5O9PSi/c1-35(2,3)52(5,6)50-30-29(27(21-47-51(43,44)45)48-33(30)41-22-38-28-31(41)39-34(37)40-32(28)42)49-36(23-13-9-7-10-14-23,24-15-11-8-12-16-24)25-17-19-26(46-4)20-18-25/h7-20,22,27,29-30,33H,21H2,1-6H3,(H2,43,44,45)(H3,37,39,40,42)/t27-,29-,30?,33?/m1/s1. The predicted molar refractivity (Wildman–Crippen MR) is 197 cm³/mol. The first kappa shape index (κ1) is 37.6. The average Bonchev–Trinajstić information content (AvgIpc) is 3.66. The molecule has 0 radical (unpaired) electrons. The number of nitrogens with zero attached hydrogens (tertiary/aromatic N) is 3. The van der Waals surface area contributed by atoms with E-state index in [1.54, 1.807) is 11.7 Å². The number of nitrogens with two attached hydrogens (primary N) is 1. The molecule has 0 aliphatic carbocycles. The Hall–Kier alpha value is -4.18. The van der Waals surface area contributed by atoms with Gasteiger partial charge in [0.1, 0.15) is 29.7 Å². The van der Waals surface area contributed by atoms with E-state index in [9.17, 15) is 19.1 Å². The number of rotatable bonds is 12. The van der Waals surface area contributed by atoms with E-state index in [2.05, 4.69) is 48.8 Å². The number of nitrogens with one attached hydrogen (secondary N) is 1. The van der Waals surface area contributed by atoms with Crippen molar-refractivity contribution in [3.8, 4) is 5.75 Å². The number of methoxy groups -OCH3 is 1. The summed E-state index contributed by atoms with van der Waals surface area (Å²) >= 11 is 0. The fraction of sp³-hybridized carbons (Fsp3) is 0.361. The Labute approximate surface area is 302 Å². The molecule has 276 valence electrons. The third-order valence-corrected chi connectivity index (χ3v) is 14.8. The molecule has 0 saturated carbocycles. The highest BCUT2D eigenvalue weighted by atomic mass is 31.2. The molecule has 3 aromatic carbocycles. The fourth-order valence-electron chi connectivity index (χ4n) is 6.23. The molecule has 1 aliphatic rings. The molecule has 0 spiro atoms. The lowest BCUT2D eigenvalue weighted by atomic mass is 9.79. The summed E-state index contributed by atoms with van der Waals surface area (Å²) in [4.78, 5) is 43.8. The van der Waals surface area contributed by atoms with E-state index in [1.165, 1.54) is 6.33 Å². The van der Waals surface area contributed by atoms with Crippen molar-refractivity contribution in [2.75, 3.05) is 19.5 Å². The first-order valence-corrected chi connectivity index (χ1v) is 21.2. The molecule has 1 aliphatic heterocycles. The number of benzene rings is 3. The monoisotopic (exact) mass is 749 g/mol. The number of aromatic amines is 1. The molecule has 5 N–H and O–H groups in total. The van der Waals surface area contributed by atoms with Gasteiger partial charge in [-0.3, -0.25) is 18.9 Å². The van der Waals surface area contributed by atoms with Gasteiger partial charge in [-0.25, -0.2) is 9.55 Å². The molecule has 4 atom stereocenters. The van der Waals surface area contributed by atoms with Crippen LogP contribution in [0.3, 0.4) is 0 Å². The van der Waals surface area contributed by atoms with Crippen LogP contribution in [0.25, 0.3) is 11.2 Å². The van der Waals surface area contributed by atoms with Crippen LogP contribution in [0, 0.1) is 0 Å². The first-order valence-electron chi connectivity index (χ1n) is 16.7. The summed E-state index contributed by atoms with van der Waals surface area (Å²) in [6, 6.07) is 26.8. The van der Waals surface area contributed by atoms with Crippen LogP contribution in [0.1, 0.15) is 43.7 Å². The van der Waals surface area contributed by atoms with Gasteiger partial charge in [0.05, 0.1) is 20.0 Å². The van der Waals surface area contributed by atoms with Crippen molar-refractivity contribution < 1.29 is 37.5 Å². The van der Waals surface area contributed by atoms with Crippen molar-refractivity contribution >= 4 is 33.3 Å². The lowest BCUT2D eigenvalue weighted by molar-refractivity contribution is -0.109. The number of ether oxygens (including phenoxy) is 3. The molecular formula is C36H44N5O9PSi. The Morgan fingerprint density at radius 2 is 1.52 bits per heavy atom. The maximum Gasteiger partial charge on any atom is 0.469 e. The Morgan fingerprint density at radius 1 is 0.942 bits per heavy atom. The number of hydrogen-bond donors (Lipinski definition) is 4. The lowest BCUT2D eigenvalue weighted by Gasteiger charge is -2.44. The summed E-state index contributed by atoms with van der Waals surface area (Å²) in [6.45, 7) is 9.89. The van der Waals surface area contributed by atoms with Crippen molar-refractivity contribution in [1.29, 1.82) is 0 Å². The summed E-state index contributed by atoms with van der Waals surface area (Å²) in [5.41, 5.74) is 6.55. The van der Waals surface area contributed by atoms with Gasteiger partial charge in [0.2, 0.25) is 5.95 Å². The number of anilines is 1. The summed E-state index contributed by atoms with van der Waals surface area (Å²) in [7, 11) is -6.07. The summed E-state index contributed by atoms with van der Waals surface area (Å²) in [6.07, 6.45) is -2.76. The lowest BCUT2D eigenvalue weighted by Crippen LogP contribution is -2.52. The minimum Gasteiger partial charge on any atom is -0.497 e. The van der Waals surface area contributed by atoms with E-state index >= 15 is 0 Å². The van der Waals surface area contributed by atoms with Crippen molar-refractivity contribution in [1.82, 2.24) is 19.5 Å². The van der Waals surface area contributed by atoms with Crippen LogP contribution in [0.5, 0.6) is 5.75 Å². The largest absolute Gasteiger partial charge is 0.497 e. The molecule has 2 aromatic heterocycles. The number of phosphoric ester groups is 1. The van der Waals surface area contributed by atoms with Gasteiger partial charge < -0.3 is 34.2 Å². The van der Waals surface area contributed by atoms with Crippen LogP contribution in [0.15, 0.2) is 96.1 Å². The molecule has 16 heteroatoms. The smallest absolute Gasteiger partial charge is 0.469 e. The highest BCUT2D eigenvalue weighted by Crippen LogP contribution is 2.49. The van der Waals surface area contributed by atoms with Crippen LogP contribution >= 0.6 is 7.82 Å². The molecule has 1 saturated heterocycles. The molecule has 52 heavy (non-hydrogen) atoms. The average molecular weight is 750 g/mol. The first-order chi connectivity index (χ1) is 24.5. The summed E-state index contributed by atoms with van der Waals surface area (Å²) < 4.78 is 45.7. The quantitative estimate of drug-likeness (QED) is 0.0714. The van der Waals surface area contributed by atoms with Gasteiger partial charge in [-0.1, -0.05) is 93.6 Å². The van der Waals surface area contributed by atoms with Gasteiger partial charge in [0, 0.05) is 0 Å². The fourth-order valence-corrected chi connectivity index (χ4v) is 7.86. The van der Waals surface area contributed by atoms with Gasteiger partial charge in [-0.2, -0.15) is 4.98 Å². The van der Waals surface area contributed by atoms with Crippen LogP contribution in [0.4, 0.5) is 5.95 Å². The van der Waals surface area contributed by atoms with Gasteiger partial charge in [-0.15, -0.1) is 0 Å². The van der Waals surface area contributed by atoms with E-state index < -0.39 is 58.4 Å². The van der Waals surface area contributed by atoms with Crippen LogP contribution < -0.4 is 16.0 Å². The van der Waals surface area contributed by atoms with Gasteiger partial charge in [0.25, 0.3) is 5.56 Å². The maximum absolute atomic E-state index is 12.9. The van der Waals surface area contributed by atoms with Crippen LogP contribution in [-0.4, -0.2) is 69.7 Å². The van der Waals surface area contributed by atoms with E-state index in [0.29, 0.717) is 5.75 Å². The SMILES string of the molecule is COc1ccc(C(O[C@H]2C(O[Si](C)(C)C(C)(C)C)C(n3cnc4c(=O)[nH]c(N)nc43)O[C@@H]2COP(=O)(O)O)(c2ccccc2)c2ccccc2)cc1. The Bertz CT molecular complexity index is 2060. The van der Waals surface area contributed by atoms with Crippen molar-refractivity contribution in [2.45, 2.75) is 69.0 Å². The molecule has 0 amide bonds. The summed E-state index contributed by atoms with van der Waals surface area (Å²) in [5.74, 6) is 0.517. The third-order valence-electron chi connectivity index (χ3n) is 9.82. The molecule has 1 fully saturated rings. The Kier molecular flexibility index (Phi) is 10.4. The van der Waals surface area contributed by atoms with Gasteiger partial charge in [-0.05, 0) is 47.0 Å². The normalized spacial score (nSPS) is 20.0. The number of nitrogen functional groups attached to an aromatic ring is 1. The second-order valence-electron chi connectivity index (χ2n) is 14.2. The Balaban J connectivity index is 1.61. The highest BCUT2D eigenvalue weighted by Gasteiger charge is 2.55. The maximum atomic E-state index is 12.9. The number of fused-ring (bicyclic) bond motifs is 1. The number of imidazole rings is 1. The minimum absolute atomic E-state index is 0.0254. The van der Waals surface area contributed by atoms with E-state index in [4.69, 9.17) is 28.9 Å².